The van der Waals surface area contributed by atoms with Crippen molar-refractivity contribution in [2.24, 2.45) is 0 Å². The van der Waals surface area contributed by atoms with Crippen LogP contribution in [0.4, 0.5) is 0 Å². The van der Waals surface area contributed by atoms with Crippen molar-refractivity contribution >= 4 is 27.6 Å². The van der Waals surface area contributed by atoms with Crippen LogP contribution < -0.4 is 5.48 Å². The fourth-order valence-corrected chi connectivity index (χ4v) is 4.31. The number of amides is 1. The number of aromatic nitrogens is 1. The van der Waals surface area contributed by atoms with Crippen molar-refractivity contribution in [3.63, 3.8) is 0 Å². The van der Waals surface area contributed by atoms with Crippen LogP contribution in [0.5, 0.6) is 0 Å². The van der Waals surface area contributed by atoms with Gasteiger partial charge in [-0.1, -0.05) is 84.4 Å². The van der Waals surface area contributed by atoms with Crippen LogP contribution in [0.2, 0.25) is 0 Å². The van der Waals surface area contributed by atoms with E-state index in [2.05, 4.69) is 35.3 Å². The zero-order valence-electron chi connectivity index (χ0n) is 17.1. The number of benzene rings is 4. The second-order valence-electron chi connectivity index (χ2n) is 7.84. The number of rotatable bonds is 4. The Bertz CT molecular complexity index is 1400. The fourth-order valence-electron chi connectivity index (χ4n) is 4.31. The van der Waals surface area contributed by atoms with E-state index in [1.54, 1.807) is 0 Å². The van der Waals surface area contributed by atoms with E-state index < -0.39 is 11.8 Å². The van der Waals surface area contributed by atoms with Gasteiger partial charge in [0, 0.05) is 16.5 Å². The molecule has 31 heavy (non-hydrogen) atoms. The Morgan fingerprint density at radius 2 is 1.58 bits per heavy atom. The molecule has 0 aliphatic carbocycles. The first kappa shape index (κ1) is 19.1. The lowest BCUT2D eigenvalue weighted by molar-refractivity contribution is -0.129. The summed E-state index contributed by atoms with van der Waals surface area (Å²) in [5.41, 5.74) is 7.49. The SMILES string of the molecule is Cc1ccc(C(C(=O)NO)c2c(-c3ccc4ccccc4c3)[nH]c3ccccc23)cc1. The Hall–Kier alpha value is -3.89. The van der Waals surface area contributed by atoms with Crippen LogP contribution in [-0.2, 0) is 4.79 Å². The molecular weight excluding hydrogens is 384 g/mol. The summed E-state index contributed by atoms with van der Waals surface area (Å²) >= 11 is 0. The summed E-state index contributed by atoms with van der Waals surface area (Å²) in [6.07, 6.45) is 0. The first-order chi connectivity index (χ1) is 15.2. The van der Waals surface area contributed by atoms with Gasteiger partial charge in [-0.05, 0) is 41.0 Å². The highest BCUT2D eigenvalue weighted by Crippen LogP contribution is 2.39. The fraction of sp³-hybridized carbons (Fsp3) is 0.0741. The quantitative estimate of drug-likeness (QED) is 0.256. The minimum atomic E-state index is -0.664. The van der Waals surface area contributed by atoms with Crippen molar-refractivity contribution in [1.82, 2.24) is 10.5 Å². The second-order valence-corrected chi connectivity index (χ2v) is 7.84. The van der Waals surface area contributed by atoms with Gasteiger partial charge in [-0.15, -0.1) is 0 Å². The molecule has 4 aromatic carbocycles. The molecular formula is C27H22N2O2. The van der Waals surface area contributed by atoms with Crippen LogP contribution in [0.3, 0.4) is 0 Å². The van der Waals surface area contributed by atoms with E-state index in [0.29, 0.717) is 0 Å². The van der Waals surface area contributed by atoms with Gasteiger partial charge < -0.3 is 4.98 Å². The van der Waals surface area contributed by atoms with Gasteiger partial charge in [-0.3, -0.25) is 10.0 Å². The molecule has 0 aliphatic rings. The van der Waals surface area contributed by atoms with Crippen LogP contribution in [0.1, 0.15) is 22.6 Å². The van der Waals surface area contributed by atoms with Crippen LogP contribution in [0, 0.1) is 6.92 Å². The van der Waals surface area contributed by atoms with E-state index in [4.69, 9.17) is 0 Å². The smallest absolute Gasteiger partial charge is 0.255 e. The van der Waals surface area contributed by atoms with Gasteiger partial charge in [-0.2, -0.15) is 0 Å². The molecule has 1 heterocycles. The van der Waals surface area contributed by atoms with Gasteiger partial charge in [0.05, 0.1) is 11.6 Å². The average molecular weight is 406 g/mol. The highest BCUT2D eigenvalue weighted by molar-refractivity contribution is 6.00. The van der Waals surface area contributed by atoms with Crippen molar-refractivity contribution in [3.05, 3.63) is 108 Å². The van der Waals surface area contributed by atoms with Crippen LogP contribution in [-0.4, -0.2) is 16.1 Å². The number of hydroxylamine groups is 1. The molecule has 3 N–H and O–H groups in total. The maximum Gasteiger partial charge on any atom is 0.255 e. The zero-order chi connectivity index (χ0) is 21.4. The molecule has 0 spiro atoms. The Balaban J connectivity index is 1.79. The molecule has 1 amide bonds. The number of fused-ring (bicyclic) bond motifs is 2. The molecule has 4 nitrogen and oxygen atoms in total. The van der Waals surface area contributed by atoms with Crippen LogP contribution >= 0.6 is 0 Å². The maximum atomic E-state index is 13.0. The molecule has 0 aliphatic heterocycles. The summed E-state index contributed by atoms with van der Waals surface area (Å²) in [7, 11) is 0. The number of hydrogen-bond donors (Lipinski definition) is 3. The van der Waals surface area contributed by atoms with Gasteiger partial charge >= 0.3 is 0 Å². The number of aryl methyl sites for hydroxylation is 1. The van der Waals surface area contributed by atoms with Crippen molar-refractivity contribution < 1.29 is 10.0 Å². The third-order valence-corrected chi connectivity index (χ3v) is 5.86. The molecule has 5 aromatic rings. The topological polar surface area (TPSA) is 65.1 Å². The van der Waals surface area contributed by atoms with E-state index in [9.17, 15) is 10.0 Å². The molecule has 1 aromatic heterocycles. The molecule has 0 saturated carbocycles. The zero-order valence-corrected chi connectivity index (χ0v) is 17.1. The minimum Gasteiger partial charge on any atom is -0.354 e. The number of hydrogen-bond acceptors (Lipinski definition) is 2. The van der Waals surface area contributed by atoms with Gasteiger partial charge in [-0.25, -0.2) is 5.48 Å². The predicted molar refractivity (Wildman–Crippen MR) is 124 cm³/mol. The molecule has 0 radical (unpaired) electrons. The van der Waals surface area contributed by atoms with Gasteiger partial charge in [0.15, 0.2) is 0 Å². The van der Waals surface area contributed by atoms with Gasteiger partial charge in [0.25, 0.3) is 5.91 Å². The lowest BCUT2D eigenvalue weighted by Crippen LogP contribution is -2.27. The largest absolute Gasteiger partial charge is 0.354 e. The number of nitrogens with one attached hydrogen (secondary N) is 2. The van der Waals surface area contributed by atoms with E-state index in [1.807, 2.05) is 73.1 Å². The van der Waals surface area contributed by atoms with Gasteiger partial charge in [0.2, 0.25) is 0 Å². The summed E-state index contributed by atoms with van der Waals surface area (Å²) in [4.78, 5) is 16.5. The molecule has 1 atom stereocenters. The summed E-state index contributed by atoms with van der Waals surface area (Å²) in [6.45, 7) is 2.01. The lowest BCUT2D eigenvalue weighted by Gasteiger charge is -2.18. The number of para-hydroxylation sites is 1. The summed E-state index contributed by atoms with van der Waals surface area (Å²) in [5, 5.41) is 12.8. The monoisotopic (exact) mass is 406 g/mol. The number of aromatic amines is 1. The average Bonchev–Trinajstić information content (AvgIpc) is 3.19. The van der Waals surface area contributed by atoms with Crippen molar-refractivity contribution in [2.45, 2.75) is 12.8 Å². The third-order valence-electron chi connectivity index (χ3n) is 5.86. The van der Waals surface area contributed by atoms with Crippen LogP contribution in [0.25, 0.3) is 32.9 Å². The summed E-state index contributed by atoms with van der Waals surface area (Å²) in [6, 6.07) is 30.3. The van der Waals surface area contributed by atoms with Crippen molar-refractivity contribution in [2.75, 3.05) is 0 Å². The highest BCUT2D eigenvalue weighted by atomic mass is 16.5. The summed E-state index contributed by atoms with van der Waals surface area (Å²) in [5.74, 6) is -1.13. The number of carbonyl (C=O) groups excluding carboxylic acids is 1. The van der Waals surface area contributed by atoms with Gasteiger partial charge in [0.1, 0.15) is 0 Å². The Kier molecular flexibility index (Phi) is 4.77. The number of carbonyl (C=O) groups is 1. The molecule has 0 fully saturated rings. The lowest BCUT2D eigenvalue weighted by atomic mass is 9.86. The van der Waals surface area contributed by atoms with E-state index in [1.165, 1.54) is 0 Å². The summed E-state index contributed by atoms with van der Waals surface area (Å²) < 4.78 is 0. The molecule has 5 rings (SSSR count). The molecule has 152 valence electrons. The maximum absolute atomic E-state index is 13.0. The predicted octanol–water partition coefficient (Wildman–Crippen LogP) is 5.93. The standard InChI is InChI=1S/C27H22N2O2/c1-17-10-12-19(13-11-17)24(27(30)29-31)25-22-8-4-5-9-23(22)28-26(25)21-15-14-18-6-2-3-7-20(18)16-21/h2-16,24,28,31H,1H3,(H,29,30). The first-order valence-electron chi connectivity index (χ1n) is 10.3. The highest BCUT2D eigenvalue weighted by Gasteiger charge is 2.29. The Morgan fingerprint density at radius 3 is 2.35 bits per heavy atom. The second kappa shape index (κ2) is 7.74. The normalized spacial score (nSPS) is 12.2. The van der Waals surface area contributed by atoms with Crippen molar-refractivity contribution in [1.29, 1.82) is 0 Å². The Morgan fingerprint density at radius 1 is 0.871 bits per heavy atom. The Labute approximate surface area is 180 Å². The molecule has 0 saturated heterocycles. The van der Waals surface area contributed by atoms with E-state index >= 15 is 0 Å². The first-order valence-corrected chi connectivity index (χ1v) is 10.3. The number of H-pyrrole nitrogens is 1. The van der Waals surface area contributed by atoms with E-state index in [-0.39, 0.29) is 0 Å². The molecule has 0 bridgehead atoms. The molecule has 4 heteroatoms. The van der Waals surface area contributed by atoms with Crippen LogP contribution in [0.15, 0.2) is 91.0 Å². The third kappa shape index (κ3) is 3.37. The van der Waals surface area contributed by atoms with Crippen molar-refractivity contribution in [3.8, 4) is 11.3 Å². The van der Waals surface area contributed by atoms with E-state index in [0.717, 1.165) is 49.6 Å². The minimum absolute atomic E-state index is 0.462. The molecule has 1 unspecified atom stereocenters.